The minimum atomic E-state index is -0.387. The summed E-state index contributed by atoms with van der Waals surface area (Å²) in [5.74, 6) is 0.797. The third-order valence-electron chi connectivity index (χ3n) is 3.29. The van der Waals surface area contributed by atoms with Crippen molar-refractivity contribution in [1.29, 1.82) is 0 Å². The third-order valence-corrected chi connectivity index (χ3v) is 3.29. The molecule has 1 atom stereocenters. The summed E-state index contributed by atoms with van der Waals surface area (Å²) in [6.45, 7) is 1.96. The van der Waals surface area contributed by atoms with E-state index in [2.05, 4.69) is 20.3 Å². The fourth-order valence-electron chi connectivity index (χ4n) is 2.28. The van der Waals surface area contributed by atoms with Crippen LogP contribution in [0.3, 0.4) is 0 Å². The summed E-state index contributed by atoms with van der Waals surface area (Å²) in [4.78, 5) is 22.0. The van der Waals surface area contributed by atoms with Gasteiger partial charge in [-0.1, -0.05) is 0 Å². The topological polar surface area (TPSA) is 96.7 Å². The first-order chi connectivity index (χ1) is 10.2. The van der Waals surface area contributed by atoms with E-state index in [9.17, 15) is 10.1 Å². The van der Waals surface area contributed by atoms with Gasteiger partial charge in [0.05, 0.1) is 16.4 Å². The van der Waals surface area contributed by atoms with E-state index >= 15 is 0 Å². The Balaban J connectivity index is 2.04. The molecule has 0 aliphatic carbocycles. The average Bonchev–Trinajstić information content (AvgIpc) is 3.01. The summed E-state index contributed by atoms with van der Waals surface area (Å²) >= 11 is 0. The summed E-state index contributed by atoms with van der Waals surface area (Å²) in [6.07, 6.45) is 6.61. The molecule has 0 saturated carbocycles. The summed E-state index contributed by atoms with van der Waals surface area (Å²) in [5, 5.41) is 15.7. The molecule has 2 N–H and O–H groups in total. The fraction of sp³-hybridized carbons (Fsp3) is 0.143. The van der Waals surface area contributed by atoms with Crippen LogP contribution in [-0.2, 0) is 0 Å². The molecule has 7 heteroatoms. The predicted octanol–water partition coefficient (Wildman–Crippen LogP) is 3.04. The van der Waals surface area contributed by atoms with Gasteiger partial charge in [-0.25, -0.2) is 4.98 Å². The standard InChI is InChI=1S/C14H13N5O2/c1-9(14-16-6-7-17-14)18-12-2-3-13(19(20)21)10-4-5-15-8-11(10)12/h2-9,18H,1H3,(H,16,17). The minimum Gasteiger partial charge on any atom is -0.375 e. The van der Waals surface area contributed by atoms with Crippen molar-refractivity contribution in [3.63, 3.8) is 0 Å². The van der Waals surface area contributed by atoms with Gasteiger partial charge < -0.3 is 10.3 Å². The Morgan fingerprint density at radius 3 is 2.86 bits per heavy atom. The number of anilines is 1. The van der Waals surface area contributed by atoms with Gasteiger partial charge in [-0.05, 0) is 19.1 Å². The van der Waals surface area contributed by atoms with Crippen molar-refractivity contribution in [2.75, 3.05) is 5.32 Å². The smallest absolute Gasteiger partial charge is 0.277 e. The zero-order valence-electron chi connectivity index (χ0n) is 11.3. The number of imidazole rings is 1. The number of hydrogen-bond donors (Lipinski definition) is 2. The molecule has 2 heterocycles. The number of aromatic amines is 1. The fourth-order valence-corrected chi connectivity index (χ4v) is 2.28. The summed E-state index contributed by atoms with van der Waals surface area (Å²) in [6, 6.07) is 4.79. The molecular formula is C14H13N5O2. The molecule has 0 amide bonds. The number of nitrogens with zero attached hydrogens (tertiary/aromatic N) is 3. The highest BCUT2D eigenvalue weighted by atomic mass is 16.6. The number of rotatable bonds is 4. The Morgan fingerprint density at radius 1 is 1.29 bits per heavy atom. The SMILES string of the molecule is CC(Nc1ccc([N+](=O)[O-])c2ccncc12)c1ncc[nH]1. The number of pyridine rings is 1. The first-order valence-corrected chi connectivity index (χ1v) is 6.44. The van der Waals surface area contributed by atoms with E-state index in [0.717, 1.165) is 11.5 Å². The normalized spacial score (nSPS) is 12.2. The molecule has 3 rings (SSSR count). The van der Waals surface area contributed by atoms with Crippen LogP contribution in [0, 0.1) is 10.1 Å². The molecule has 7 nitrogen and oxygen atoms in total. The Hall–Kier alpha value is -2.96. The van der Waals surface area contributed by atoms with Crippen LogP contribution >= 0.6 is 0 Å². The Bertz CT molecular complexity index is 785. The number of non-ortho nitro benzene ring substituents is 1. The van der Waals surface area contributed by atoms with Crippen molar-refractivity contribution < 1.29 is 4.92 Å². The highest BCUT2D eigenvalue weighted by Gasteiger charge is 2.16. The molecule has 106 valence electrons. The molecule has 0 saturated heterocycles. The summed E-state index contributed by atoms with van der Waals surface area (Å²) in [5.41, 5.74) is 0.858. The molecule has 0 fully saturated rings. The highest BCUT2D eigenvalue weighted by Crippen LogP contribution is 2.32. The molecule has 2 aromatic heterocycles. The molecule has 0 bridgehead atoms. The monoisotopic (exact) mass is 283 g/mol. The Morgan fingerprint density at radius 2 is 2.14 bits per heavy atom. The van der Waals surface area contributed by atoms with Crippen LogP contribution in [0.15, 0.2) is 43.0 Å². The van der Waals surface area contributed by atoms with Gasteiger partial charge in [-0.15, -0.1) is 0 Å². The van der Waals surface area contributed by atoms with Gasteiger partial charge in [-0.3, -0.25) is 15.1 Å². The maximum atomic E-state index is 11.1. The van der Waals surface area contributed by atoms with Crippen LogP contribution < -0.4 is 5.32 Å². The molecule has 21 heavy (non-hydrogen) atoms. The van der Waals surface area contributed by atoms with Gasteiger partial charge in [0.1, 0.15) is 5.82 Å². The zero-order valence-corrected chi connectivity index (χ0v) is 11.3. The summed E-state index contributed by atoms with van der Waals surface area (Å²) in [7, 11) is 0. The summed E-state index contributed by atoms with van der Waals surface area (Å²) < 4.78 is 0. The largest absolute Gasteiger partial charge is 0.375 e. The van der Waals surface area contributed by atoms with Crippen LogP contribution in [0.1, 0.15) is 18.8 Å². The molecule has 1 aromatic carbocycles. The number of hydrogen-bond acceptors (Lipinski definition) is 5. The second-order valence-electron chi connectivity index (χ2n) is 4.65. The minimum absolute atomic E-state index is 0.0511. The van der Waals surface area contributed by atoms with E-state index in [1.807, 2.05) is 6.92 Å². The number of H-pyrrole nitrogens is 1. The number of nitrogens with one attached hydrogen (secondary N) is 2. The van der Waals surface area contributed by atoms with Gasteiger partial charge in [0.15, 0.2) is 0 Å². The van der Waals surface area contributed by atoms with E-state index in [0.29, 0.717) is 10.8 Å². The van der Waals surface area contributed by atoms with Gasteiger partial charge in [0, 0.05) is 41.9 Å². The Labute approximate surface area is 120 Å². The van der Waals surface area contributed by atoms with E-state index < -0.39 is 0 Å². The average molecular weight is 283 g/mol. The van der Waals surface area contributed by atoms with E-state index in [-0.39, 0.29) is 16.7 Å². The van der Waals surface area contributed by atoms with Crippen LogP contribution in [0.5, 0.6) is 0 Å². The van der Waals surface area contributed by atoms with Gasteiger partial charge >= 0.3 is 0 Å². The van der Waals surface area contributed by atoms with Crippen LogP contribution in [0.4, 0.5) is 11.4 Å². The van der Waals surface area contributed by atoms with Crippen molar-refractivity contribution in [2.24, 2.45) is 0 Å². The molecule has 3 aromatic rings. The lowest BCUT2D eigenvalue weighted by Crippen LogP contribution is -2.09. The van der Waals surface area contributed by atoms with E-state index in [4.69, 9.17) is 0 Å². The molecular weight excluding hydrogens is 270 g/mol. The second kappa shape index (κ2) is 5.20. The number of nitro benzene ring substituents is 1. The maximum Gasteiger partial charge on any atom is 0.277 e. The van der Waals surface area contributed by atoms with Gasteiger partial charge in [-0.2, -0.15) is 0 Å². The van der Waals surface area contributed by atoms with Crippen LogP contribution in [0.2, 0.25) is 0 Å². The van der Waals surface area contributed by atoms with Crippen LogP contribution in [0.25, 0.3) is 10.8 Å². The van der Waals surface area contributed by atoms with E-state index in [1.54, 1.807) is 36.9 Å². The number of nitro groups is 1. The van der Waals surface area contributed by atoms with Crippen molar-refractivity contribution >= 4 is 22.1 Å². The highest BCUT2D eigenvalue weighted by molar-refractivity contribution is 5.99. The predicted molar refractivity (Wildman–Crippen MR) is 79.0 cm³/mol. The Kier molecular flexibility index (Phi) is 3.23. The van der Waals surface area contributed by atoms with Gasteiger partial charge in [0.25, 0.3) is 5.69 Å². The first-order valence-electron chi connectivity index (χ1n) is 6.44. The lowest BCUT2D eigenvalue weighted by atomic mass is 10.1. The third kappa shape index (κ3) is 2.40. The molecule has 0 aliphatic heterocycles. The van der Waals surface area contributed by atoms with Crippen molar-refractivity contribution in [1.82, 2.24) is 15.0 Å². The number of fused-ring (bicyclic) bond motifs is 1. The molecule has 0 aliphatic rings. The molecule has 0 radical (unpaired) electrons. The lowest BCUT2D eigenvalue weighted by molar-refractivity contribution is -0.383. The van der Waals surface area contributed by atoms with Crippen molar-refractivity contribution in [2.45, 2.75) is 13.0 Å². The first kappa shape index (κ1) is 13.0. The number of aromatic nitrogens is 3. The molecule has 0 spiro atoms. The second-order valence-corrected chi connectivity index (χ2v) is 4.65. The lowest BCUT2D eigenvalue weighted by Gasteiger charge is -2.15. The van der Waals surface area contributed by atoms with Crippen molar-refractivity contribution in [3.05, 3.63) is 58.9 Å². The number of benzene rings is 1. The van der Waals surface area contributed by atoms with Crippen LogP contribution in [-0.4, -0.2) is 19.9 Å². The molecule has 1 unspecified atom stereocenters. The quantitative estimate of drug-likeness (QED) is 0.566. The van der Waals surface area contributed by atoms with Crippen molar-refractivity contribution in [3.8, 4) is 0 Å². The zero-order chi connectivity index (χ0) is 14.8. The van der Waals surface area contributed by atoms with E-state index in [1.165, 1.54) is 6.07 Å². The van der Waals surface area contributed by atoms with Gasteiger partial charge in [0.2, 0.25) is 0 Å². The maximum absolute atomic E-state index is 11.1.